The second kappa shape index (κ2) is 4.73. The van der Waals surface area contributed by atoms with Gasteiger partial charge >= 0.3 is 0 Å². The number of aryl methyl sites for hydroxylation is 1. The van der Waals surface area contributed by atoms with Gasteiger partial charge in [-0.2, -0.15) is 0 Å². The van der Waals surface area contributed by atoms with Gasteiger partial charge in [-0.05, 0) is 6.42 Å². The molecule has 1 unspecified atom stereocenters. The average Bonchev–Trinajstić information content (AvgIpc) is 2.62. The Morgan fingerprint density at radius 3 is 2.73 bits per heavy atom. The summed E-state index contributed by atoms with van der Waals surface area (Å²) in [5.41, 5.74) is 0. The van der Waals surface area contributed by atoms with Crippen LogP contribution in [0.3, 0.4) is 0 Å². The van der Waals surface area contributed by atoms with Gasteiger partial charge in [-0.15, -0.1) is 0 Å². The summed E-state index contributed by atoms with van der Waals surface area (Å²) in [6.45, 7) is 1.57. The van der Waals surface area contributed by atoms with Crippen LogP contribution in [-0.2, 0) is 17.1 Å². The van der Waals surface area contributed by atoms with Gasteiger partial charge in [0, 0.05) is 19.3 Å². The van der Waals surface area contributed by atoms with Crippen LogP contribution >= 0.6 is 0 Å². The van der Waals surface area contributed by atoms with Crippen LogP contribution in [0.25, 0.3) is 0 Å². The molecular weight excluding hydrogens is 218 g/mol. The molecule has 1 atom stereocenters. The number of aliphatic hydroxyl groups excluding tert-OH is 1. The molecule has 0 radical (unpaired) electrons. The van der Waals surface area contributed by atoms with Gasteiger partial charge < -0.3 is 9.67 Å². The first-order valence-corrected chi connectivity index (χ1v) is 6.09. The van der Waals surface area contributed by atoms with E-state index in [1.165, 1.54) is 12.5 Å². The fourth-order valence-electron chi connectivity index (χ4n) is 1.06. The van der Waals surface area contributed by atoms with Crippen molar-refractivity contribution in [2.75, 3.05) is 6.61 Å². The summed E-state index contributed by atoms with van der Waals surface area (Å²) < 4.78 is 27.3. The number of hydrogen-bond donors (Lipinski definition) is 2. The van der Waals surface area contributed by atoms with Crippen molar-refractivity contribution < 1.29 is 13.5 Å². The van der Waals surface area contributed by atoms with E-state index in [1.807, 2.05) is 0 Å². The van der Waals surface area contributed by atoms with Crippen LogP contribution in [-0.4, -0.2) is 35.7 Å². The van der Waals surface area contributed by atoms with E-state index in [0.717, 1.165) is 0 Å². The number of aromatic nitrogens is 2. The Morgan fingerprint density at radius 2 is 2.33 bits per heavy atom. The molecular formula is C8H15N3O3S. The summed E-state index contributed by atoms with van der Waals surface area (Å²) >= 11 is 0. The Kier molecular flexibility index (Phi) is 3.83. The Bertz CT molecular complexity index is 409. The van der Waals surface area contributed by atoms with Crippen LogP contribution in [0.5, 0.6) is 0 Å². The van der Waals surface area contributed by atoms with Gasteiger partial charge in [-0.1, -0.05) is 6.92 Å². The standard InChI is InChI=1S/C8H15N3O3S/c1-3-7(5-12)10-15(13,14)8-4-11(2)6-9-8/h4,6-7,10,12H,3,5H2,1-2H3. The van der Waals surface area contributed by atoms with Crippen LogP contribution in [0.2, 0.25) is 0 Å². The Morgan fingerprint density at radius 1 is 1.67 bits per heavy atom. The largest absolute Gasteiger partial charge is 0.395 e. The zero-order valence-electron chi connectivity index (χ0n) is 8.71. The quantitative estimate of drug-likeness (QED) is 0.716. The van der Waals surface area contributed by atoms with E-state index in [2.05, 4.69) is 9.71 Å². The molecule has 1 aromatic rings. The molecule has 1 heterocycles. The minimum atomic E-state index is -3.60. The van der Waals surface area contributed by atoms with E-state index in [9.17, 15) is 8.42 Å². The van der Waals surface area contributed by atoms with Gasteiger partial charge in [0.2, 0.25) is 0 Å². The van der Waals surface area contributed by atoms with Crippen molar-refractivity contribution in [2.45, 2.75) is 24.4 Å². The topological polar surface area (TPSA) is 84.2 Å². The predicted octanol–water partition coefficient (Wildman–Crippen LogP) is -0.531. The maximum absolute atomic E-state index is 11.7. The molecule has 1 rings (SSSR count). The lowest BCUT2D eigenvalue weighted by Gasteiger charge is -2.12. The molecule has 1 aromatic heterocycles. The van der Waals surface area contributed by atoms with Crippen molar-refractivity contribution >= 4 is 10.0 Å². The maximum atomic E-state index is 11.7. The molecule has 0 aliphatic rings. The molecule has 0 aromatic carbocycles. The lowest BCUT2D eigenvalue weighted by atomic mass is 10.3. The fourth-order valence-corrected chi connectivity index (χ4v) is 2.35. The highest BCUT2D eigenvalue weighted by atomic mass is 32.2. The number of hydrogen-bond acceptors (Lipinski definition) is 4. The van der Waals surface area contributed by atoms with E-state index in [4.69, 9.17) is 5.11 Å². The van der Waals surface area contributed by atoms with Crippen molar-refractivity contribution in [3.8, 4) is 0 Å². The maximum Gasteiger partial charge on any atom is 0.259 e. The lowest BCUT2D eigenvalue weighted by molar-refractivity contribution is 0.253. The molecule has 6 nitrogen and oxygen atoms in total. The highest BCUT2D eigenvalue weighted by Gasteiger charge is 2.20. The van der Waals surface area contributed by atoms with Crippen LogP contribution in [0.1, 0.15) is 13.3 Å². The summed E-state index contributed by atoms with van der Waals surface area (Å²) in [4.78, 5) is 3.74. The average molecular weight is 233 g/mol. The minimum Gasteiger partial charge on any atom is -0.395 e. The number of nitrogens with zero attached hydrogens (tertiary/aromatic N) is 2. The number of sulfonamides is 1. The number of aliphatic hydroxyl groups is 1. The first kappa shape index (κ1) is 12.2. The minimum absolute atomic E-state index is 0.0306. The molecule has 2 N–H and O–H groups in total. The third-order valence-corrected chi connectivity index (χ3v) is 3.40. The van der Waals surface area contributed by atoms with E-state index in [1.54, 1.807) is 18.5 Å². The third kappa shape index (κ3) is 3.01. The number of rotatable bonds is 5. The Balaban J connectivity index is 2.84. The molecule has 0 bridgehead atoms. The summed E-state index contributed by atoms with van der Waals surface area (Å²) in [6.07, 6.45) is 3.35. The zero-order valence-corrected chi connectivity index (χ0v) is 9.53. The first-order chi connectivity index (χ1) is 6.99. The second-order valence-corrected chi connectivity index (χ2v) is 4.95. The third-order valence-electron chi connectivity index (χ3n) is 1.99. The molecule has 15 heavy (non-hydrogen) atoms. The summed E-state index contributed by atoms with van der Waals surface area (Å²) in [7, 11) is -1.91. The molecule has 86 valence electrons. The van der Waals surface area contributed by atoms with Crippen LogP contribution in [0, 0.1) is 0 Å². The van der Waals surface area contributed by atoms with E-state index >= 15 is 0 Å². The van der Waals surface area contributed by atoms with Gasteiger partial charge in [0.1, 0.15) is 0 Å². The van der Waals surface area contributed by atoms with E-state index < -0.39 is 16.1 Å². The Hall–Kier alpha value is -0.920. The lowest BCUT2D eigenvalue weighted by Crippen LogP contribution is -2.37. The van der Waals surface area contributed by atoms with Crippen LogP contribution in [0.4, 0.5) is 0 Å². The zero-order chi connectivity index (χ0) is 11.5. The summed E-state index contributed by atoms with van der Waals surface area (Å²) in [6, 6.07) is -0.461. The van der Waals surface area contributed by atoms with Crippen molar-refractivity contribution in [1.82, 2.24) is 14.3 Å². The second-order valence-electron chi connectivity index (χ2n) is 3.29. The SMILES string of the molecule is CCC(CO)NS(=O)(=O)c1cn(C)cn1. The van der Waals surface area contributed by atoms with Crippen LogP contribution in [0.15, 0.2) is 17.6 Å². The van der Waals surface area contributed by atoms with Gasteiger partial charge in [0.15, 0.2) is 5.03 Å². The summed E-state index contributed by atoms with van der Waals surface area (Å²) in [5.74, 6) is 0. The number of imidazole rings is 1. The smallest absolute Gasteiger partial charge is 0.259 e. The predicted molar refractivity (Wildman–Crippen MR) is 54.7 cm³/mol. The normalized spacial score (nSPS) is 14.1. The van der Waals surface area contributed by atoms with Gasteiger partial charge in [0.25, 0.3) is 10.0 Å². The van der Waals surface area contributed by atoms with E-state index in [-0.39, 0.29) is 11.6 Å². The summed E-state index contributed by atoms with van der Waals surface area (Å²) in [5, 5.41) is 8.86. The first-order valence-electron chi connectivity index (χ1n) is 4.60. The highest BCUT2D eigenvalue weighted by molar-refractivity contribution is 7.89. The Labute approximate surface area is 89.0 Å². The fraction of sp³-hybridized carbons (Fsp3) is 0.625. The van der Waals surface area contributed by atoms with Crippen molar-refractivity contribution in [1.29, 1.82) is 0 Å². The highest BCUT2D eigenvalue weighted by Crippen LogP contribution is 2.05. The molecule has 0 spiro atoms. The van der Waals surface area contributed by atoms with Crippen molar-refractivity contribution in [3.05, 3.63) is 12.5 Å². The number of nitrogens with one attached hydrogen (secondary N) is 1. The van der Waals surface area contributed by atoms with Gasteiger partial charge in [0.05, 0.1) is 12.9 Å². The molecule has 0 fully saturated rings. The molecule has 0 aliphatic heterocycles. The molecule has 0 saturated heterocycles. The van der Waals surface area contributed by atoms with Crippen LogP contribution < -0.4 is 4.72 Å². The molecule has 0 amide bonds. The monoisotopic (exact) mass is 233 g/mol. The van der Waals surface area contributed by atoms with Crippen molar-refractivity contribution in [3.63, 3.8) is 0 Å². The van der Waals surface area contributed by atoms with Gasteiger partial charge in [-0.25, -0.2) is 18.1 Å². The van der Waals surface area contributed by atoms with Gasteiger partial charge in [-0.3, -0.25) is 0 Å². The van der Waals surface area contributed by atoms with Crippen molar-refractivity contribution in [2.24, 2.45) is 7.05 Å². The molecule has 0 saturated carbocycles. The molecule has 0 aliphatic carbocycles. The van der Waals surface area contributed by atoms with E-state index in [0.29, 0.717) is 6.42 Å². The molecule has 7 heteroatoms.